The van der Waals surface area contributed by atoms with Crippen LogP contribution < -0.4 is 5.32 Å². The molecule has 1 aromatic carbocycles. The molecule has 106 valence electrons. The zero-order valence-corrected chi connectivity index (χ0v) is 12.1. The number of aliphatic hydroxyl groups is 1. The predicted octanol–water partition coefficient (Wildman–Crippen LogP) is 3.81. The van der Waals surface area contributed by atoms with Crippen LogP contribution in [0.3, 0.4) is 0 Å². The van der Waals surface area contributed by atoms with E-state index in [0.717, 1.165) is 32.2 Å². The van der Waals surface area contributed by atoms with Gasteiger partial charge in [0.15, 0.2) is 0 Å². The lowest BCUT2D eigenvalue weighted by atomic mass is 9.84. The lowest BCUT2D eigenvalue weighted by Gasteiger charge is -2.34. The molecular weight excluding hydrogens is 234 g/mol. The van der Waals surface area contributed by atoms with Crippen LogP contribution in [0.2, 0.25) is 0 Å². The van der Waals surface area contributed by atoms with E-state index in [1.54, 1.807) is 0 Å². The minimum atomic E-state index is -0.473. The van der Waals surface area contributed by atoms with E-state index in [0.29, 0.717) is 6.04 Å². The van der Waals surface area contributed by atoms with E-state index in [-0.39, 0.29) is 0 Å². The van der Waals surface area contributed by atoms with Gasteiger partial charge in [-0.25, -0.2) is 0 Å². The van der Waals surface area contributed by atoms with Crippen LogP contribution >= 0.6 is 0 Å². The van der Waals surface area contributed by atoms with Crippen LogP contribution in [0.15, 0.2) is 30.3 Å². The van der Waals surface area contributed by atoms with Crippen LogP contribution in [-0.2, 0) is 0 Å². The Kier molecular flexibility index (Phi) is 5.41. The molecule has 0 radical (unpaired) electrons. The first-order chi connectivity index (χ1) is 9.23. The van der Waals surface area contributed by atoms with Crippen LogP contribution in [-0.4, -0.2) is 17.3 Å². The quantitative estimate of drug-likeness (QED) is 0.816. The molecule has 0 heterocycles. The van der Waals surface area contributed by atoms with E-state index < -0.39 is 5.60 Å². The van der Waals surface area contributed by atoms with E-state index in [9.17, 15) is 5.11 Å². The average Bonchev–Trinajstić information content (AvgIpc) is 2.45. The maximum atomic E-state index is 10.6. The molecule has 1 unspecified atom stereocenters. The van der Waals surface area contributed by atoms with Gasteiger partial charge in [0.25, 0.3) is 0 Å². The molecule has 1 atom stereocenters. The average molecular weight is 261 g/mol. The summed E-state index contributed by atoms with van der Waals surface area (Å²) in [6, 6.07) is 11.0. The summed E-state index contributed by atoms with van der Waals surface area (Å²) in [5.74, 6) is 0. The predicted molar refractivity (Wildman–Crippen MR) is 80.1 cm³/mol. The van der Waals surface area contributed by atoms with Crippen LogP contribution in [0.4, 0.5) is 0 Å². The highest BCUT2D eigenvalue weighted by atomic mass is 16.3. The molecular formula is C17H27NO. The van der Waals surface area contributed by atoms with Gasteiger partial charge >= 0.3 is 0 Å². The Labute approximate surface area is 117 Å². The van der Waals surface area contributed by atoms with Gasteiger partial charge in [-0.2, -0.15) is 0 Å². The molecule has 1 saturated carbocycles. The number of hydrogen-bond acceptors (Lipinski definition) is 2. The van der Waals surface area contributed by atoms with Gasteiger partial charge in [0.05, 0.1) is 5.60 Å². The molecule has 2 heteroatoms. The van der Waals surface area contributed by atoms with Gasteiger partial charge in [0.1, 0.15) is 0 Å². The highest BCUT2D eigenvalue weighted by molar-refractivity contribution is 5.18. The van der Waals surface area contributed by atoms with E-state index in [2.05, 4.69) is 42.6 Å². The first-order valence-electron chi connectivity index (χ1n) is 7.74. The van der Waals surface area contributed by atoms with Crippen molar-refractivity contribution < 1.29 is 5.11 Å². The largest absolute Gasteiger partial charge is 0.389 e. The van der Waals surface area contributed by atoms with Gasteiger partial charge in [-0.05, 0) is 24.8 Å². The molecule has 1 fully saturated rings. The molecule has 1 aromatic rings. The van der Waals surface area contributed by atoms with Crippen LogP contribution in [0.25, 0.3) is 0 Å². The molecule has 0 saturated heterocycles. The molecule has 2 N–H and O–H groups in total. The summed E-state index contributed by atoms with van der Waals surface area (Å²) in [6.07, 6.45) is 7.80. The molecule has 2 rings (SSSR count). The summed E-state index contributed by atoms with van der Waals surface area (Å²) < 4.78 is 0. The van der Waals surface area contributed by atoms with Crippen LogP contribution in [0.1, 0.15) is 63.5 Å². The molecule has 19 heavy (non-hydrogen) atoms. The molecule has 1 aliphatic carbocycles. The third kappa shape index (κ3) is 4.32. The lowest BCUT2D eigenvalue weighted by Crippen LogP contribution is -2.43. The first kappa shape index (κ1) is 14.5. The van der Waals surface area contributed by atoms with E-state index in [1.165, 1.54) is 24.8 Å². The fraction of sp³-hybridized carbons (Fsp3) is 0.647. The van der Waals surface area contributed by atoms with Crippen molar-refractivity contribution in [3.05, 3.63) is 35.9 Å². The first-order valence-corrected chi connectivity index (χ1v) is 7.74. The third-order valence-corrected chi connectivity index (χ3v) is 4.24. The normalized spacial score (nSPS) is 20.1. The third-order valence-electron chi connectivity index (χ3n) is 4.24. The number of hydrogen-bond donors (Lipinski definition) is 2. The van der Waals surface area contributed by atoms with Crippen molar-refractivity contribution in [2.75, 3.05) is 6.54 Å². The summed E-state index contributed by atoms with van der Waals surface area (Å²) in [5.41, 5.74) is 0.864. The van der Waals surface area contributed by atoms with Gasteiger partial charge in [-0.1, -0.05) is 62.9 Å². The molecule has 0 spiro atoms. The number of nitrogens with one attached hydrogen (secondary N) is 1. The molecule has 2 nitrogen and oxygen atoms in total. The standard InChI is InChI=1S/C17H27NO/c1-2-9-16(15-10-5-3-6-11-15)18-14-17(19)12-7-4-8-13-17/h3,5-6,10-11,16,18-19H,2,4,7-9,12-14H2,1H3. The number of benzene rings is 1. The Balaban J connectivity index is 1.93. The fourth-order valence-electron chi connectivity index (χ4n) is 3.06. The Hall–Kier alpha value is -0.860. The highest BCUT2D eigenvalue weighted by Gasteiger charge is 2.29. The second kappa shape index (κ2) is 7.06. The lowest BCUT2D eigenvalue weighted by molar-refractivity contribution is 0.00234. The SMILES string of the molecule is CCCC(NCC1(O)CCCCC1)c1ccccc1. The molecule has 1 aliphatic rings. The second-order valence-electron chi connectivity index (χ2n) is 5.92. The minimum absolute atomic E-state index is 0.372. The summed E-state index contributed by atoms with van der Waals surface area (Å²) >= 11 is 0. The van der Waals surface area contributed by atoms with E-state index in [4.69, 9.17) is 0 Å². The summed E-state index contributed by atoms with van der Waals surface area (Å²) in [5, 5.41) is 14.2. The number of rotatable bonds is 6. The highest BCUT2D eigenvalue weighted by Crippen LogP contribution is 2.28. The van der Waals surface area contributed by atoms with Crippen molar-refractivity contribution in [1.29, 1.82) is 0 Å². The molecule has 0 aromatic heterocycles. The van der Waals surface area contributed by atoms with Crippen molar-refractivity contribution in [2.24, 2.45) is 0 Å². The van der Waals surface area contributed by atoms with Gasteiger partial charge in [-0.15, -0.1) is 0 Å². The van der Waals surface area contributed by atoms with Gasteiger partial charge in [-0.3, -0.25) is 0 Å². The van der Waals surface area contributed by atoms with Gasteiger partial charge in [0, 0.05) is 12.6 Å². The van der Waals surface area contributed by atoms with Crippen molar-refractivity contribution in [1.82, 2.24) is 5.32 Å². The van der Waals surface area contributed by atoms with Crippen LogP contribution in [0.5, 0.6) is 0 Å². The summed E-state index contributed by atoms with van der Waals surface area (Å²) in [7, 11) is 0. The van der Waals surface area contributed by atoms with Crippen molar-refractivity contribution >= 4 is 0 Å². The Morgan fingerprint density at radius 3 is 2.47 bits per heavy atom. The smallest absolute Gasteiger partial charge is 0.0771 e. The molecule has 0 bridgehead atoms. The molecule has 0 amide bonds. The Morgan fingerprint density at radius 1 is 1.16 bits per heavy atom. The Morgan fingerprint density at radius 2 is 1.84 bits per heavy atom. The monoisotopic (exact) mass is 261 g/mol. The minimum Gasteiger partial charge on any atom is -0.389 e. The maximum Gasteiger partial charge on any atom is 0.0771 e. The Bertz CT molecular complexity index is 357. The summed E-state index contributed by atoms with van der Waals surface area (Å²) in [6.45, 7) is 2.94. The van der Waals surface area contributed by atoms with Crippen molar-refractivity contribution in [3.63, 3.8) is 0 Å². The van der Waals surface area contributed by atoms with Gasteiger partial charge < -0.3 is 10.4 Å². The molecule has 0 aliphatic heterocycles. The zero-order valence-electron chi connectivity index (χ0n) is 12.1. The van der Waals surface area contributed by atoms with Crippen molar-refractivity contribution in [2.45, 2.75) is 63.5 Å². The van der Waals surface area contributed by atoms with Crippen molar-refractivity contribution in [3.8, 4) is 0 Å². The summed E-state index contributed by atoms with van der Waals surface area (Å²) in [4.78, 5) is 0. The zero-order chi connectivity index (χ0) is 13.6. The maximum absolute atomic E-state index is 10.6. The van der Waals surface area contributed by atoms with E-state index in [1.807, 2.05) is 0 Å². The van der Waals surface area contributed by atoms with E-state index >= 15 is 0 Å². The fourth-order valence-corrected chi connectivity index (χ4v) is 3.06. The topological polar surface area (TPSA) is 32.3 Å². The van der Waals surface area contributed by atoms with Crippen LogP contribution in [0, 0.1) is 0 Å². The second-order valence-corrected chi connectivity index (χ2v) is 5.92. The van der Waals surface area contributed by atoms with Gasteiger partial charge in [0.2, 0.25) is 0 Å².